The van der Waals surface area contributed by atoms with Crippen LogP contribution in [0.2, 0.25) is 0 Å². The van der Waals surface area contributed by atoms with Crippen LogP contribution in [0.15, 0.2) is 18.2 Å². The summed E-state index contributed by atoms with van der Waals surface area (Å²) in [5.74, 6) is 5.30. The van der Waals surface area contributed by atoms with E-state index in [0.717, 1.165) is 24.0 Å². The van der Waals surface area contributed by atoms with Crippen LogP contribution in [-0.2, 0) is 9.59 Å². The molecule has 1 heterocycles. The van der Waals surface area contributed by atoms with Gasteiger partial charge in [-0.15, -0.1) is 0 Å². The predicted octanol–water partition coefficient (Wildman–Crippen LogP) is 0.911. The molecule has 0 saturated carbocycles. The minimum Gasteiger partial charge on any atom is -0.484 e. The van der Waals surface area contributed by atoms with E-state index in [1.165, 1.54) is 0 Å². The summed E-state index contributed by atoms with van der Waals surface area (Å²) in [5.41, 5.74) is 4.35. The van der Waals surface area contributed by atoms with Gasteiger partial charge in [0.2, 0.25) is 5.91 Å². The van der Waals surface area contributed by atoms with Crippen LogP contribution in [0.5, 0.6) is 5.75 Å². The largest absolute Gasteiger partial charge is 0.484 e. The normalized spacial score (nSPS) is 18.0. The number of carbonyl (C=O) groups is 2. The quantitative estimate of drug-likeness (QED) is 0.492. The molecule has 1 saturated heterocycles. The van der Waals surface area contributed by atoms with Gasteiger partial charge in [0, 0.05) is 13.1 Å². The average Bonchev–Trinajstić information content (AvgIpc) is 2.51. The number of likely N-dealkylation sites (tertiary alicyclic amines) is 1. The van der Waals surface area contributed by atoms with Crippen LogP contribution in [0.4, 0.5) is 0 Å². The van der Waals surface area contributed by atoms with Gasteiger partial charge < -0.3 is 9.64 Å². The molecular weight excluding hydrogens is 282 g/mol. The highest BCUT2D eigenvalue weighted by Gasteiger charge is 2.28. The SMILES string of the molecule is Cc1cc(C)cc(OCC(=O)N2CCCC(C(=O)NN)C2)c1. The summed E-state index contributed by atoms with van der Waals surface area (Å²) in [6.07, 6.45) is 1.55. The zero-order valence-electron chi connectivity index (χ0n) is 13.1. The fourth-order valence-corrected chi connectivity index (χ4v) is 2.79. The lowest BCUT2D eigenvalue weighted by atomic mass is 9.97. The number of piperidine rings is 1. The molecule has 0 aromatic heterocycles. The van der Waals surface area contributed by atoms with Crippen molar-refractivity contribution < 1.29 is 14.3 Å². The van der Waals surface area contributed by atoms with Crippen molar-refractivity contribution in [2.45, 2.75) is 26.7 Å². The van der Waals surface area contributed by atoms with Gasteiger partial charge in [0.25, 0.3) is 5.91 Å². The first kappa shape index (κ1) is 16.3. The summed E-state index contributed by atoms with van der Waals surface area (Å²) >= 11 is 0. The molecular formula is C16H23N3O3. The number of carbonyl (C=O) groups excluding carboxylic acids is 2. The number of benzene rings is 1. The second-order valence-corrected chi connectivity index (χ2v) is 5.80. The highest BCUT2D eigenvalue weighted by atomic mass is 16.5. The van der Waals surface area contributed by atoms with Crippen LogP contribution in [0.25, 0.3) is 0 Å². The Hall–Kier alpha value is -2.08. The molecule has 1 atom stereocenters. The molecule has 1 fully saturated rings. The van der Waals surface area contributed by atoms with Crippen molar-refractivity contribution in [3.63, 3.8) is 0 Å². The summed E-state index contributed by atoms with van der Waals surface area (Å²) in [5, 5.41) is 0. The van der Waals surface area contributed by atoms with Crippen molar-refractivity contribution in [2.75, 3.05) is 19.7 Å². The number of hydrazine groups is 1. The third-order valence-electron chi connectivity index (χ3n) is 3.84. The van der Waals surface area contributed by atoms with Crippen molar-refractivity contribution >= 4 is 11.8 Å². The number of aryl methyl sites for hydroxylation is 2. The second-order valence-electron chi connectivity index (χ2n) is 5.80. The monoisotopic (exact) mass is 305 g/mol. The van der Waals surface area contributed by atoms with Gasteiger partial charge >= 0.3 is 0 Å². The number of nitrogens with two attached hydrogens (primary N) is 1. The number of amides is 2. The summed E-state index contributed by atoms with van der Waals surface area (Å²) in [7, 11) is 0. The van der Waals surface area contributed by atoms with Crippen LogP contribution in [-0.4, -0.2) is 36.4 Å². The molecule has 1 aliphatic rings. The van der Waals surface area contributed by atoms with Gasteiger partial charge in [0.05, 0.1) is 5.92 Å². The number of nitrogens with zero attached hydrogens (tertiary/aromatic N) is 1. The van der Waals surface area contributed by atoms with Crippen LogP contribution >= 0.6 is 0 Å². The molecule has 1 aromatic carbocycles. The van der Waals surface area contributed by atoms with E-state index >= 15 is 0 Å². The molecule has 0 spiro atoms. The molecule has 3 N–H and O–H groups in total. The maximum absolute atomic E-state index is 12.2. The van der Waals surface area contributed by atoms with Crippen molar-refractivity contribution in [3.8, 4) is 5.75 Å². The zero-order chi connectivity index (χ0) is 16.1. The average molecular weight is 305 g/mol. The summed E-state index contributed by atoms with van der Waals surface area (Å²) < 4.78 is 5.59. The Labute approximate surface area is 130 Å². The molecule has 6 heteroatoms. The Bertz CT molecular complexity index is 539. The molecule has 120 valence electrons. The Balaban J connectivity index is 1.90. The van der Waals surface area contributed by atoms with Gasteiger partial charge in [-0.05, 0) is 49.9 Å². The molecule has 2 rings (SSSR count). The van der Waals surface area contributed by atoms with E-state index in [4.69, 9.17) is 10.6 Å². The third kappa shape index (κ3) is 4.21. The fourth-order valence-electron chi connectivity index (χ4n) is 2.79. The second kappa shape index (κ2) is 7.26. The Morgan fingerprint density at radius 1 is 1.32 bits per heavy atom. The summed E-state index contributed by atoms with van der Waals surface area (Å²) in [6, 6.07) is 5.86. The topological polar surface area (TPSA) is 84.7 Å². The van der Waals surface area contributed by atoms with E-state index in [1.54, 1.807) is 4.90 Å². The van der Waals surface area contributed by atoms with Gasteiger partial charge in [-0.25, -0.2) is 5.84 Å². The minimum absolute atomic E-state index is 0.0140. The standard InChI is InChI=1S/C16H23N3O3/c1-11-6-12(2)8-14(7-11)22-10-15(20)19-5-3-4-13(9-19)16(21)18-17/h6-8,13H,3-5,9-10,17H2,1-2H3,(H,18,21). The summed E-state index contributed by atoms with van der Waals surface area (Å²) in [4.78, 5) is 25.5. The van der Waals surface area contributed by atoms with Gasteiger partial charge in [-0.2, -0.15) is 0 Å². The first-order chi connectivity index (χ1) is 10.5. The number of hydrogen-bond acceptors (Lipinski definition) is 4. The number of rotatable bonds is 4. The molecule has 0 bridgehead atoms. The molecule has 0 radical (unpaired) electrons. The van der Waals surface area contributed by atoms with Crippen LogP contribution in [0, 0.1) is 19.8 Å². The lowest BCUT2D eigenvalue weighted by Crippen LogP contribution is -2.48. The number of ether oxygens (including phenoxy) is 1. The Kier molecular flexibility index (Phi) is 5.38. The highest BCUT2D eigenvalue weighted by molar-refractivity contribution is 5.81. The molecule has 22 heavy (non-hydrogen) atoms. The maximum Gasteiger partial charge on any atom is 0.260 e. The van der Waals surface area contributed by atoms with Gasteiger partial charge in [-0.1, -0.05) is 6.07 Å². The van der Waals surface area contributed by atoms with E-state index in [-0.39, 0.29) is 24.3 Å². The Morgan fingerprint density at radius 2 is 2.00 bits per heavy atom. The van der Waals surface area contributed by atoms with Gasteiger partial charge in [0.1, 0.15) is 5.75 Å². The van der Waals surface area contributed by atoms with Gasteiger partial charge in [0.15, 0.2) is 6.61 Å². The van der Waals surface area contributed by atoms with E-state index in [9.17, 15) is 9.59 Å². The van der Waals surface area contributed by atoms with Crippen molar-refractivity contribution in [1.29, 1.82) is 0 Å². The third-order valence-corrected chi connectivity index (χ3v) is 3.84. The van der Waals surface area contributed by atoms with Crippen LogP contribution in [0.1, 0.15) is 24.0 Å². The molecule has 0 aliphatic carbocycles. The summed E-state index contributed by atoms with van der Waals surface area (Å²) in [6.45, 7) is 5.02. The maximum atomic E-state index is 12.2. The van der Waals surface area contributed by atoms with Gasteiger partial charge in [-0.3, -0.25) is 15.0 Å². The molecule has 1 aromatic rings. The predicted molar refractivity (Wildman–Crippen MR) is 83.0 cm³/mol. The number of nitrogens with one attached hydrogen (secondary N) is 1. The Morgan fingerprint density at radius 3 is 2.64 bits per heavy atom. The molecule has 1 unspecified atom stereocenters. The van der Waals surface area contributed by atoms with E-state index in [1.807, 2.05) is 26.0 Å². The zero-order valence-corrected chi connectivity index (χ0v) is 13.1. The fraction of sp³-hybridized carbons (Fsp3) is 0.500. The first-order valence-corrected chi connectivity index (χ1v) is 7.49. The van der Waals surface area contributed by atoms with E-state index in [2.05, 4.69) is 11.5 Å². The van der Waals surface area contributed by atoms with Crippen molar-refractivity contribution in [3.05, 3.63) is 29.3 Å². The van der Waals surface area contributed by atoms with Crippen LogP contribution in [0.3, 0.4) is 0 Å². The van der Waals surface area contributed by atoms with E-state index in [0.29, 0.717) is 18.8 Å². The van der Waals surface area contributed by atoms with Crippen LogP contribution < -0.4 is 16.0 Å². The molecule has 1 aliphatic heterocycles. The van der Waals surface area contributed by atoms with E-state index < -0.39 is 0 Å². The van der Waals surface area contributed by atoms with Crippen molar-refractivity contribution in [2.24, 2.45) is 11.8 Å². The minimum atomic E-state index is -0.232. The smallest absolute Gasteiger partial charge is 0.260 e. The highest BCUT2D eigenvalue weighted by Crippen LogP contribution is 2.18. The lowest BCUT2D eigenvalue weighted by Gasteiger charge is -2.31. The molecule has 2 amide bonds. The first-order valence-electron chi connectivity index (χ1n) is 7.49. The number of hydrogen-bond donors (Lipinski definition) is 2. The lowest BCUT2D eigenvalue weighted by molar-refractivity contribution is -0.137. The van der Waals surface area contributed by atoms with Crippen molar-refractivity contribution in [1.82, 2.24) is 10.3 Å². The molecule has 6 nitrogen and oxygen atoms in total.